The van der Waals surface area contributed by atoms with Crippen LogP contribution >= 0.6 is 7.14 Å². The first-order valence-electron chi connectivity index (χ1n) is 10.6. The summed E-state index contributed by atoms with van der Waals surface area (Å²) in [5, 5.41) is 0. The van der Waals surface area contributed by atoms with Crippen LogP contribution in [-0.4, -0.2) is 13.3 Å². The van der Waals surface area contributed by atoms with E-state index in [4.69, 9.17) is 0 Å². The van der Waals surface area contributed by atoms with Crippen LogP contribution in [0.15, 0.2) is 11.9 Å². The highest BCUT2D eigenvalue weighted by Crippen LogP contribution is 2.37. The van der Waals surface area contributed by atoms with Crippen LogP contribution in [0.1, 0.15) is 110 Å². The molecule has 0 atom stereocenters. The van der Waals surface area contributed by atoms with E-state index >= 15 is 0 Å². The van der Waals surface area contributed by atoms with Crippen molar-refractivity contribution in [1.29, 1.82) is 0 Å². The molecule has 0 heterocycles. The zero-order chi connectivity index (χ0) is 18.1. The topological polar surface area (TPSA) is 17.1 Å². The van der Waals surface area contributed by atoms with Crippen LogP contribution in [0.25, 0.3) is 0 Å². The second-order valence-electron chi connectivity index (χ2n) is 8.39. The molecule has 2 heteroatoms. The van der Waals surface area contributed by atoms with Crippen LogP contribution in [0.3, 0.4) is 0 Å². The predicted molar refractivity (Wildman–Crippen MR) is 113 cm³/mol. The molecular formula is C22H45OP. The van der Waals surface area contributed by atoms with Crippen molar-refractivity contribution in [2.75, 3.05) is 13.3 Å². The Labute approximate surface area is 153 Å². The van der Waals surface area contributed by atoms with Crippen molar-refractivity contribution in [3.05, 3.63) is 11.9 Å². The molecule has 0 N–H and O–H groups in total. The van der Waals surface area contributed by atoms with Crippen LogP contribution in [0.5, 0.6) is 0 Å². The van der Waals surface area contributed by atoms with Crippen LogP contribution in [0.4, 0.5) is 0 Å². The van der Waals surface area contributed by atoms with Crippen LogP contribution in [0.2, 0.25) is 0 Å². The van der Waals surface area contributed by atoms with Crippen molar-refractivity contribution in [1.82, 2.24) is 0 Å². The van der Waals surface area contributed by atoms with Crippen LogP contribution in [0, 0.1) is 5.92 Å². The summed E-state index contributed by atoms with van der Waals surface area (Å²) in [6, 6.07) is 0. The quantitative estimate of drug-likeness (QED) is 0.188. The lowest BCUT2D eigenvalue weighted by Gasteiger charge is -2.05. The van der Waals surface area contributed by atoms with Crippen molar-refractivity contribution in [2.45, 2.75) is 110 Å². The minimum Gasteiger partial charge on any atom is -0.320 e. The van der Waals surface area contributed by atoms with Gasteiger partial charge in [0.1, 0.15) is 7.14 Å². The largest absolute Gasteiger partial charge is 0.320 e. The highest BCUT2D eigenvalue weighted by atomic mass is 31.2. The summed E-state index contributed by atoms with van der Waals surface area (Å²) in [5.41, 5.74) is 0. The van der Waals surface area contributed by atoms with Gasteiger partial charge in [0.25, 0.3) is 0 Å². The summed E-state index contributed by atoms with van der Waals surface area (Å²) >= 11 is 0. The third kappa shape index (κ3) is 22.0. The molecule has 0 bridgehead atoms. The molecule has 0 rings (SSSR count). The molecular weight excluding hydrogens is 311 g/mol. The Bertz CT molecular complexity index is 327. The van der Waals surface area contributed by atoms with E-state index < -0.39 is 7.14 Å². The fraction of sp³-hybridized carbons (Fsp3) is 0.909. The number of allylic oxidation sites excluding steroid dienone is 1. The van der Waals surface area contributed by atoms with Crippen molar-refractivity contribution < 1.29 is 4.57 Å². The SMILES string of the molecule is CC(C)CCCCCCCCCCCCCCCC=CP(C)(C)=O. The van der Waals surface area contributed by atoms with Crippen molar-refractivity contribution in [3.63, 3.8) is 0 Å². The molecule has 24 heavy (non-hydrogen) atoms. The van der Waals surface area contributed by atoms with Crippen molar-refractivity contribution in [2.24, 2.45) is 5.92 Å². The molecule has 1 nitrogen and oxygen atoms in total. The van der Waals surface area contributed by atoms with Crippen LogP contribution < -0.4 is 0 Å². The Morgan fingerprint density at radius 2 is 1.04 bits per heavy atom. The van der Waals surface area contributed by atoms with Gasteiger partial charge >= 0.3 is 0 Å². The summed E-state index contributed by atoms with van der Waals surface area (Å²) in [6.45, 7) is 8.31. The molecule has 0 aromatic heterocycles. The fourth-order valence-corrected chi connectivity index (χ4v) is 3.74. The second kappa shape index (κ2) is 16.4. The third-order valence-corrected chi connectivity index (χ3v) is 5.55. The van der Waals surface area contributed by atoms with Gasteiger partial charge in [-0.3, -0.25) is 0 Å². The monoisotopic (exact) mass is 356 g/mol. The molecule has 0 saturated carbocycles. The Morgan fingerprint density at radius 1 is 0.667 bits per heavy atom. The van der Waals surface area contributed by atoms with Gasteiger partial charge in [0, 0.05) is 0 Å². The maximum Gasteiger partial charge on any atom is 0.102 e. The second-order valence-corrected chi connectivity index (χ2v) is 11.6. The standard InChI is InChI=1S/C22H45OP/c1-22(2)20-18-16-14-12-10-8-6-5-7-9-11-13-15-17-19-21-24(3,4)23/h19,21-22H,5-18,20H2,1-4H3. The number of unbranched alkanes of at least 4 members (excludes halogenated alkanes) is 13. The maximum absolute atomic E-state index is 11.5. The summed E-state index contributed by atoms with van der Waals surface area (Å²) in [5.74, 6) is 2.80. The van der Waals surface area contributed by atoms with Gasteiger partial charge in [-0.25, -0.2) is 0 Å². The lowest BCUT2D eigenvalue weighted by Crippen LogP contribution is -1.87. The Morgan fingerprint density at radius 3 is 1.42 bits per heavy atom. The molecule has 0 fully saturated rings. The van der Waals surface area contributed by atoms with Crippen LogP contribution in [-0.2, 0) is 4.57 Å². The van der Waals surface area contributed by atoms with Crippen molar-refractivity contribution >= 4 is 7.14 Å². The summed E-state index contributed by atoms with van der Waals surface area (Å²) in [6.07, 6.45) is 23.0. The van der Waals surface area contributed by atoms with E-state index in [2.05, 4.69) is 19.9 Å². The van der Waals surface area contributed by atoms with Gasteiger partial charge in [0.05, 0.1) is 0 Å². The van der Waals surface area contributed by atoms with E-state index in [9.17, 15) is 4.57 Å². The van der Waals surface area contributed by atoms with E-state index in [1.54, 1.807) is 0 Å². The Balaban J connectivity index is 3.10. The average molecular weight is 357 g/mol. The minimum absolute atomic E-state index is 0.882. The average Bonchev–Trinajstić information content (AvgIpc) is 2.49. The van der Waals surface area contributed by atoms with E-state index in [0.29, 0.717) is 0 Å². The van der Waals surface area contributed by atoms with E-state index in [1.807, 2.05) is 19.1 Å². The molecule has 0 amide bonds. The van der Waals surface area contributed by atoms with E-state index in [0.717, 1.165) is 12.3 Å². The number of hydrogen-bond donors (Lipinski definition) is 0. The van der Waals surface area contributed by atoms with Gasteiger partial charge in [0.2, 0.25) is 0 Å². The van der Waals surface area contributed by atoms with E-state index in [1.165, 1.54) is 89.9 Å². The normalized spacial score (nSPS) is 12.5. The minimum atomic E-state index is -1.94. The van der Waals surface area contributed by atoms with Gasteiger partial charge in [-0.2, -0.15) is 0 Å². The molecule has 0 saturated heterocycles. The maximum atomic E-state index is 11.5. The van der Waals surface area contributed by atoms with E-state index in [-0.39, 0.29) is 0 Å². The highest BCUT2D eigenvalue weighted by molar-refractivity contribution is 7.65. The molecule has 0 aliphatic heterocycles. The predicted octanol–water partition coefficient (Wildman–Crippen LogP) is 8.63. The van der Waals surface area contributed by atoms with Gasteiger partial charge in [-0.05, 0) is 37.9 Å². The molecule has 0 unspecified atom stereocenters. The van der Waals surface area contributed by atoms with Gasteiger partial charge in [0.15, 0.2) is 0 Å². The first-order valence-corrected chi connectivity index (χ1v) is 13.3. The molecule has 0 aliphatic carbocycles. The molecule has 0 aliphatic rings. The Kier molecular flexibility index (Phi) is 16.4. The zero-order valence-electron chi connectivity index (χ0n) is 17.2. The first kappa shape index (κ1) is 24.0. The molecule has 0 spiro atoms. The molecule has 0 aromatic rings. The fourth-order valence-electron chi connectivity index (χ4n) is 3.09. The van der Waals surface area contributed by atoms with Gasteiger partial charge in [-0.15, -0.1) is 0 Å². The number of rotatable bonds is 17. The van der Waals surface area contributed by atoms with Gasteiger partial charge < -0.3 is 4.57 Å². The summed E-state index contributed by atoms with van der Waals surface area (Å²) in [4.78, 5) is 0. The Hall–Kier alpha value is -0.0300. The van der Waals surface area contributed by atoms with Crippen molar-refractivity contribution in [3.8, 4) is 0 Å². The highest BCUT2D eigenvalue weighted by Gasteiger charge is 1.98. The first-order chi connectivity index (χ1) is 11.4. The van der Waals surface area contributed by atoms with Gasteiger partial charge in [-0.1, -0.05) is 103 Å². The smallest absolute Gasteiger partial charge is 0.102 e. The summed E-state index contributed by atoms with van der Waals surface area (Å²) < 4.78 is 11.5. The third-order valence-electron chi connectivity index (χ3n) is 4.62. The zero-order valence-corrected chi connectivity index (χ0v) is 18.1. The molecule has 0 radical (unpaired) electrons. The lowest BCUT2D eigenvalue weighted by atomic mass is 10.0. The number of hydrogen-bond acceptors (Lipinski definition) is 1. The summed E-state index contributed by atoms with van der Waals surface area (Å²) in [7, 11) is -1.94. The molecule has 0 aromatic carbocycles. The molecule has 144 valence electrons. The lowest BCUT2D eigenvalue weighted by molar-refractivity contribution is 0.503.